The molecule has 8 heavy (non-hydrogen) atoms. The molecule has 0 rings (SSSR count). The molecule has 0 aliphatic rings. The van der Waals surface area contributed by atoms with Crippen molar-refractivity contribution in [2.24, 2.45) is 0 Å². The van der Waals surface area contributed by atoms with Gasteiger partial charge in [-0.1, -0.05) is 6.92 Å². The summed E-state index contributed by atoms with van der Waals surface area (Å²) in [5.41, 5.74) is 1.33. The van der Waals surface area contributed by atoms with E-state index >= 15 is 0 Å². The SMILES string of the molecule is C=[C-]/C=C(\C)CC.[Y]. The summed E-state index contributed by atoms with van der Waals surface area (Å²) in [6.45, 7) is 7.63. The van der Waals surface area contributed by atoms with Crippen molar-refractivity contribution < 1.29 is 32.7 Å². The first-order valence-electron chi connectivity index (χ1n) is 2.49. The fourth-order valence-corrected chi connectivity index (χ4v) is 0.276. The van der Waals surface area contributed by atoms with Crippen molar-refractivity contribution in [1.29, 1.82) is 0 Å². The first-order valence-corrected chi connectivity index (χ1v) is 2.49. The minimum atomic E-state index is 0. The first-order chi connectivity index (χ1) is 3.31. The quantitative estimate of drug-likeness (QED) is 0.456. The summed E-state index contributed by atoms with van der Waals surface area (Å²) in [4.78, 5) is 0. The minimum Gasteiger partial charge on any atom is -0.258 e. The van der Waals surface area contributed by atoms with Crippen LogP contribution in [-0.4, -0.2) is 0 Å². The molecule has 0 aromatic rings. The van der Waals surface area contributed by atoms with Crippen LogP contribution >= 0.6 is 0 Å². The summed E-state index contributed by atoms with van der Waals surface area (Å²) in [7, 11) is 0. The van der Waals surface area contributed by atoms with Crippen LogP contribution in [0.5, 0.6) is 0 Å². The Balaban J connectivity index is 0. The van der Waals surface area contributed by atoms with Crippen LogP contribution in [0.25, 0.3) is 0 Å². The molecule has 0 bridgehead atoms. The monoisotopic (exact) mass is 184 g/mol. The predicted octanol–water partition coefficient (Wildman–Crippen LogP) is 2.33. The number of rotatable bonds is 2. The molecular formula is C7H11Y-. The van der Waals surface area contributed by atoms with Crippen molar-refractivity contribution in [3.63, 3.8) is 0 Å². The van der Waals surface area contributed by atoms with Gasteiger partial charge < -0.3 is 0 Å². The van der Waals surface area contributed by atoms with E-state index in [2.05, 4.69) is 26.5 Å². The molecule has 1 heteroatoms. The van der Waals surface area contributed by atoms with Crippen LogP contribution in [0.15, 0.2) is 18.2 Å². The van der Waals surface area contributed by atoms with Gasteiger partial charge >= 0.3 is 0 Å². The summed E-state index contributed by atoms with van der Waals surface area (Å²) in [5, 5.41) is 0. The molecule has 0 amide bonds. The van der Waals surface area contributed by atoms with Crippen molar-refractivity contribution in [3.05, 3.63) is 24.3 Å². The third-order valence-electron chi connectivity index (χ3n) is 0.906. The van der Waals surface area contributed by atoms with Gasteiger partial charge in [0.25, 0.3) is 0 Å². The average Bonchev–Trinajstić information content (AvgIpc) is 1.68. The summed E-state index contributed by atoms with van der Waals surface area (Å²) >= 11 is 0. The van der Waals surface area contributed by atoms with E-state index in [9.17, 15) is 0 Å². The van der Waals surface area contributed by atoms with Crippen LogP contribution in [0.2, 0.25) is 0 Å². The zero-order chi connectivity index (χ0) is 5.70. The van der Waals surface area contributed by atoms with Gasteiger partial charge in [0, 0.05) is 32.7 Å². The Kier molecular flexibility index (Phi) is 10.8. The second kappa shape index (κ2) is 7.58. The molecule has 43 valence electrons. The van der Waals surface area contributed by atoms with Crippen molar-refractivity contribution >= 4 is 0 Å². The molecule has 0 atom stereocenters. The van der Waals surface area contributed by atoms with Crippen LogP contribution < -0.4 is 0 Å². The molecule has 0 spiro atoms. The van der Waals surface area contributed by atoms with Gasteiger partial charge in [-0.25, -0.2) is 11.6 Å². The fraction of sp³-hybridized carbons (Fsp3) is 0.429. The molecule has 1 radical (unpaired) electrons. The van der Waals surface area contributed by atoms with Gasteiger partial charge in [0.05, 0.1) is 0 Å². The van der Waals surface area contributed by atoms with Crippen LogP contribution in [-0.2, 0) is 32.7 Å². The van der Waals surface area contributed by atoms with E-state index in [1.54, 1.807) is 0 Å². The van der Waals surface area contributed by atoms with Crippen molar-refractivity contribution in [3.8, 4) is 0 Å². The second-order valence-electron chi connectivity index (χ2n) is 1.55. The van der Waals surface area contributed by atoms with Crippen LogP contribution in [0.3, 0.4) is 0 Å². The van der Waals surface area contributed by atoms with Gasteiger partial charge in [-0.05, 0) is 0 Å². The normalized spacial score (nSPS) is 10.0. The van der Waals surface area contributed by atoms with E-state index in [4.69, 9.17) is 0 Å². The number of hydrogen-bond donors (Lipinski definition) is 0. The van der Waals surface area contributed by atoms with E-state index in [-0.39, 0.29) is 32.7 Å². The first kappa shape index (κ1) is 11.4. The maximum absolute atomic E-state index is 3.45. The molecule has 0 heterocycles. The third kappa shape index (κ3) is 6.58. The Morgan fingerprint density at radius 1 is 1.75 bits per heavy atom. The summed E-state index contributed by atoms with van der Waals surface area (Å²) in [6, 6.07) is 0. The third-order valence-corrected chi connectivity index (χ3v) is 0.906. The summed E-state index contributed by atoms with van der Waals surface area (Å²) in [5.74, 6) is 0. The fourth-order valence-electron chi connectivity index (χ4n) is 0.276. The topological polar surface area (TPSA) is 0 Å². The van der Waals surface area contributed by atoms with E-state index < -0.39 is 0 Å². The molecule has 0 nitrogen and oxygen atoms in total. The van der Waals surface area contributed by atoms with Gasteiger partial charge in [0.15, 0.2) is 0 Å². The van der Waals surface area contributed by atoms with Gasteiger partial charge in [-0.3, -0.25) is 6.08 Å². The molecule has 0 saturated carbocycles. The standard InChI is InChI=1S/C7H11.Y/c1-4-6-7(3)5-2;/h6H,1,5H2,2-3H3;/q-1;/b7-6+;. The Bertz CT molecular complexity index is 82.4. The zero-order valence-corrected chi connectivity index (χ0v) is 8.41. The molecule has 0 saturated heterocycles. The molecule has 0 fully saturated rings. The molecule has 0 unspecified atom stereocenters. The van der Waals surface area contributed by atoms with Gasteiger partial charge in [0.2, 0.25) is 0 Å². The second-order valence-corrected chi connectivity index (χ2v) is 1.55. The van der Waals surface area contributed by atoms with Crippen LogP contribution in [0.4, 0.5) is 0 Å². The molecule has 0 aromatic carbocycles. The van der Waals surface area contributed by atoms with Crippen molar-refractivity contribution in [1.82, 2.24) is 0 Å². The number of allylic oxidation sites excluding steroid dienone is 3. The smallest absolute Gasteiger partial charge is 0 e. The molecule has 0 aliphatic carbocycles. The summed E-state index contributed by atoms with van der Waals surface area (Å²) in [6.07, 6.45) is 5.71. The van der Waals surface area contributed by atoms with Gasteiger partial charge in [-0.15, -0.1) is 13.3 Å². The van der Waals surface area contributed by atoms with Crippen LogP contribution in [0, 0.1) is 6.08 Å². The Labute approximate surface area is 76.9 Å². The van der Waals surface area contributed by atoms with E-state index in [0.29, 0.717) is 0 Å². The maximum Gasteiger partial charge on any atom is 0 e. The Morgan fingerprint density at radius 3 is 2.38 bits per heavy atom. The average molecular weight is 184 g/mol. The zero-order valence-electron chi connectivity index (χ0n) is 5.57. The van der Waals surface area contributed by atoms with Gasteiger partial charge in [-0.2, -0.15) is 6.58 Å². The van der Waals surface area contributed by atoms with Gasteiger partial charge in [0.1, 0.15) is 0 Å². The van der Waals surface area contributed by atoms with E-state index in [1.807, 2.05) is 6.08 Å². The molecular weight excluding hydrogens is 173 g/mol. The van der Waals surface area contributed by atoms with E-state index in [1.165, 1.54) is 5.57 Å². The van der Waals surface area contributed by atoms with Crippen molar-refractivity contribution in [2.75, 3.05) is 0 Å². The molecule has 0 N–H and O–H groups in total. The predicted molar refractivity (Wildman–Crippen MR) is 32.9 cm³/mol. The molecule has 0 aliphatic heterocycles. The number of hydrogen-bond acceptors (Lipinski definition) is 0. The maximum atomic E-state index is 3.45. The summed E-state index contributed by atoms with van der Waals surface area (Å²) < 4.78 is 0. The largest absolute Gasteiger partial charge is 0.258 e. The Hall–Kier alpha value is 0.584. The Morgan fingerprint density at radius 2 is 2.25 bits per heavy atom. The van der Waals surface area contributed by atoms with Crippen LogP contribution in [0.1, 0.15) is 20.3 Å². The molecule has 0 aromatic heterocycles. The van der Waals surface area contributed by atoms with Crippen molar-refractivity contribution in [2.45, 2.75) is 20.3 Å². The minimum absolute atomic E-state index is 0. The van der Waals surface area contributed by atoms with E-state index in [0.717, 1.165) is 6.42 Å².